The predicted molar refractivity (Wildman–Crippen MR) is 122 cm³/mol. The van der Waals surface area contributed by atoms with Gasteiger partial charge < -0.3 is 4.90 Å². The van der Waals surface area contributed by atoms with Gasteiger partial charge in [-0.2, -0.15) is 0 Å². The quantitative estimate of drug-likeness (QED) is 0.719. The second-order valence-electron chi connectivity index (χ2n) is 9.91. The van der Waals surface area contributed by atoms with Crippen LogP contribution in [0.25, 0.3) is 0 Å². The Morgan fingerprint density at radius 1 is 0.938 bits per heavy atom. The zero-order valence-corrected chi connectivity index (χ0v) is 19.0. The molecule has 1 amide bonds. The van der Waals surface area contributed by atoms with E-state index in [-0.39, 0.29) is 16.6 Å². The maximum atomic E-state index is 13.7. The molecule has 0 unspecified atom stereocenters. The average Bonchev–Trinajstić information content (AvgIpc) is 3.29. The van der Waals surface area contributed by atoms with Crippen molar-refractivity contribution in [2.75, 3.05) is 39.3 Å². The van der Waals surface area contributed by atoms with Crippen molar-refractivity contribution < 1.29 is 9.18 Å². The third kappa shape index (κ3) is 3.73. The molecule has 6 heteroatoms. The Hall–Kier alpha value is -2.31. The van der Waals surface area contributed by atoms with Crippen LogP contribution in [0.4, 0.5) is 4.39 Å². The zero-order valence-electron chi connectivity index (χ0n) is 19.0. The van der Waals surface area contributed by atoms with Crippen molar-refractivity contribution >= 4 is 5.91 Å². The van der Waals surface area contributed by atoms with Gasteiger partial charge in [-0.25, -0.2) is 4.39 Å². The third-order valence-corrected chi connectivity index (χ3v) is 8.18. The van der Waals surface area contributed by atoms with Gasteiger partial charge in [0.1, 0.15) is 5.82 Å². The minimum Gasteiger partial charge on any atom is -0.342 e. The Kier molecular flexibility index (Phi) is 5.76. The highest BCUT2D eigenvalue weighted by Gasteiger charge is 2.64. The van der Waals surface area contributed by atoms with Crippen molar-refractivity contribution in [3.8, 4) is 0 Å². The molecule has 0 N–H and O–H groups in total. The van der Waals surface area contributed by atoms with Crippen LogP contribution in [0.5, 0.6) is 0 Å². The molecule has 1 atom stereocenters. The normalized spacial score (nSPS) is 25.9. The number of carbonyl (C=O) groups is 1. The number of carbonyl (C=O) groups excluding carboxylic acids is 1. The van der Waals surface area contributed by atoms with Gasteiger partial charge in [-0.3, -0.25) is 19.6 Å². The number of hydrogen-bond donors (Lipinski definition) is 0. The molecule has 5 rings (SSSR count). The van der Waals surface area contributed by atoms with Crippen LogP contribution >= 0.6 is 0 Å². The molecule has 0 saturated carbocycles. The lowest BCUT2D eigenvalue weighted by molar-refractivity contribution is -0.142. The van der Waals surface area contributed by atoms with Crippen LogP contribution in [0.2, 0.25) is 0 Å². The predicted octanol–water partition coefficient (Wildman–Crippen LogP) is 3.56. The maximum absolute atomic E-state index is 13.7. The fourth-order valence-corrected chi connectivity index (χ4v) is 6.45. The highest BCUT2D eigenvalue weighted by atomic mass is 19.1. The van der Waals surface area contributed by atoms with Gasteiger partial charge in [0.15, 0.2) is 0 Å². The average molecular weight is 437 g/mol. The van der Waals surface area contributed by atoms with Gasteiger partial charge in [-0.1, -0.05) is 18.2 Å². The monoisotopic (exact) mass is 436 g/mol. The van der Waals surface area contributed by atoms with Gasteiger partial charge in [0.05, 0.1) is 5.41 Å². The molecule has 1 aromatic carbocycles. The maximum Gasteiger partial charge on any atom is 0.230 e. The summed E-state index contributed by atoms with van der Waals surface area (Å²) in [5, 5.41) is 0. The Balaban J connectivity index is 1.34. The van der Waals surface area contributed by atoms with E-state index in [9.17, 15) is 9.18 Å². The Bertz CT molecular complexity index is 942. The summed E-state index contributed by atoms with van der Waals surface area (Å²) in [7, 11) is 0. The molecule has 0 bridgehead atoms. The molecule has 5 nitrogen and oxygen atoms in total. The molecule has 3 saturated heterocycles. The number of benzene rings is 1. The first-order valence-corrected chi connectivity index (χ1v) is 11.9. The van der Waals surface area contributed by atoms with Gasteiger partial charge in [0.2, 0.25) is 5.91 Å². The SMILES string of the molecule is CCN1CC[C@@]2(CN(Cc3cccnc3)CC23CCN(Cc2ccc(F)cc2)CC3)C1=O. The Labute approximate surface area is 190 Å². The summed E-state index contributed by atoms with van der Waals surface area (Å²) >= 11 is 0. The second kappa shape index (κ2) is 8.56. The minimum atomic E-state index is -0.257. The van der Waals surface area contributed by atoms with Gasteiger partial charge in [-0.05, 0) is 68.6 Å². The second-order valence-corrected chi connectivity index (χ2v) is 9.91. The molecule has 4 heterocycles. The fourth-order valence-electron chi connectivity index (χ4n) is 6.45. The summed E-state index contributed by atoms with van der Waals surface area (Å²) in [5.41, 5.74) is 2.14. The summed E-state index contributed by atoms with van der Waals surface area (Å²) in [6.45, 7) is 9.29. The molecule has 3 aliphatic heterocycles. The van der Waals surface area contributed by atoms with Gasteiger partial charge in [0, 0.05) is 57.1 Å². The lowest BCUT2D eigenvalue weighted by Crippen LogP contribution is -2.52. The topological polar surface area (TPSA) is 39.7 Å². The van der Waals surface area contributed by atoms with Crippen LogP contribution in [-0.2, 0) is 17.9 Å². The van der Waals surface area contributed by atoms with Crippen LogP contribution in [0.3, 0.4) is 0 Å². The van der Waals surface area contributed by atoms with E-state index in [1.54, 1.807) is 12.1 Å². The van der Waals surface area contributed by atoms with Crippen LogP contribution < -0.4 is 0 Å². The van der Waals surface area contributed by atoms with E-state index in [4.69, 9.17) is 0 Å². The first-order valence-electron chi connectivity index (χ1n) is 11.9. The van der Waals surface area contributed by atoms with Crippen molar-refractivity contribution in [2.24, 2.45) is 10.8 Å². The largest absolute Gasteiger partial charge is 0.342 e. The molecule has 32 heavy (non-hydrogen) atoms. The fraction of sp³-hybridized carbons (Fsp3) is 0.538. The number of aromatic nitrogens is 1. The highest BCUT2D eigenvalue weighted by Crippen LogP contribution is 2.58. The lowest BCUT2D eigenvalue weighted by atomic mass is 9.60. The molecule has 3 fully saturated rings. The molecular weight excluding hydrogens is 403 g/mol. The number of amides is 1. The first-order chi connectivity index (χ1) is 15.5. The number of fused-ring (bicyclic) bond motifs is 1. The smallest absolute Gasteiger partial charge is 0.230 e. The number of halogens is 1. The number of piperidine rings is 1. The van der Waals surface area contributed by atoms with E-state index in [0.717, 1.165) is 77.2 Å². The van der Waals surface area contributed by atoms with Gasteiger partial charge >= 0.3 is 0 Å². The van der Waals surface area contributed by atoms with Crippen molar-refractivity contribution in [2.45, 2.75) is 39.3 Å². The van der Waals surface area contributed by atoms with E-state index in [1.165, 1.54) is 5.56 Å². The van der Waals surface area contributed by atoms with Crippen molar-refractivity contribution in [1.82, 2.24) is 19.7 Å². The molecule has 0 aliphatic carbocycles. The first kappa shape index (κ1) is 21.5. The molecule has 3 aliphatic rings. The molecule has 2 spiro atoms. The number of likely N-dealkylation sites (tertiary alicyclic amines) is 3. The molecule has 2 aromatic rings. The summed E-state index contributed by atoms with van der Waals surface area (Å²) in [6, 6.07) is 11.0. The summed E-state index contributed by atoms with van der Waals surface area (Å²) in [6.07, 6.45) is 6.81. The number of rotatable bonds is 5. The Morgan fingerprint density at radius 3 is 2.34 bits per heavy atom. The van der Waals surface area contributed by atoms with E-state index in [1.807, 2.05) is 30.6 Å². The van der Waals surface area contributed by atoms with Crippen LogP contribution in [-0.4, -0.2) is 64.9 Å². The number of hydrogen-bond acceptors (Lipinski definition) is 4. The van der Waals surface area contributed by atoms with Crippen molar-refractivity contribution in [3.63, 3.8) is 0 Å². The van der Waals surface area contributed by atoms with Gasteiger partial charge in [-0.15, -0.1) is 0 Å². The zero-order chi connectivity index (χ0) is 22.2. The number of nitrogens with zero attached hydrogens (tertiary/aromatic N) is 4. The summed E-state index contributed by atoms with van der Waals surface area (Å²) in [4.78, 5) is 25.0. The Morgan fingerprint density at radius 2 is 1.69 bits per heavy atom. The third-order valence-electron chi connectivity index (χ3n) is 8.18. The van der Waals surface area contributed by atoms with E-state index < -0.39 is 0 Å². The van der Waals surface area contributed by atoms with Crippen molar-refractivity contribution in [1.29, 1.82) is 0 Å². The molecule has 170 valence electrons. The van der Waals surface area contributed by atoms with Crippen LogP contribution in [0.15, 0.2) is 48.8 Å². The van der Waals surface area contributed by atoms with Gasteiger partial charge in [0.25, 0.3) is 0 Å². The lowest BCUT2D eigenvalue weighted by Gasteiger charge is -2.47. The molecular formula is C26H33FN4O. The summed E-state index contributed by atoms with van der Waals surface area (Å²) in [5.74, 6) is 0.189. The van der Waals surface area contributed by atoms with E-state index >= 15 is 0 Å². The highest BCUT2D eigenvalue weighted by molar-refractivity contribution is 5.86. The molecule has 1 aromatic heterocycles. The minimum absolute atomic E-state index is 0.0372. The standard InChI is InChI=1S/C26H33FN4O/c1-2-31-15-11-26(24(31)32)20-30(18-22-4-3-12-28-16-22)19-25(26)9-13-29(14-10-25)17-21-5-7-23(27)8-6-21/h3-8,12,16H,2,9-11,13-15,17-20H2,1H3/t26-/m1/s1. The van der Waals surface area contributed by atoms with E-state index in [0.29, 0.717) is 5.91 Å². The van der Waals surface area contributed by atoms with Crippen LogP contribution in [0.1, 0.15) is 37.3 Å². The number of pyridine rings is 1. The van der Waals surface area contributed by atoms with Crippen molar-refractivity contribution in [3.05, 3.63) is 65.7 Å². The van der Waals surface area contributed by atoms with E-state index in [2.05, 4.69) is 32.7 Å². The summed E-state index contributed by atoms with van der Waals surface area (Å²) < 4.78 is 13.3. The van der Waals surface area contributed by atoms with Crippen LogP contribution in [0, 0.1) is 16.6 Å². The molecule has 0 radical (unpaired) electrons.